The molecule has 3 aromatic rings. The molecule has 0 atom stereocenters. The van der Waals surface area contributed by atoms with Crippen molar-refractivity contribution in [3.05, 3.63) is 63.7 Å². The molecule has 0 saturated carbocycles. The molecule has 1 amide bonds. The van der Waals surface area contributed by atoms with Crippen molar-refractivity contribution in [2.24, 2.45) is 7.05 Å². The maximum Gasteiger partial charge on any atom is 0.276 e. The van der Waals surface area contributed by atoms with Gasteiger partial charge in [-0.25, -0.2) is 0 Å². The number of carbonyl (C=O) groups excluding carboxylic acids is 1. The van der Waals surface area contributed by atoms with Crippen LogP contribution in [-0.4, -0.2) is 25.5 Å². The van der Waals surface area contributed by atoms with Gasteiger partial charge in [-0.15, -0.1) is 0 Å². The summed E-state index contributed by atoms with van der Waals surface area (Å²) in [4.78, 5) is 12.2. The van der Waals surface area contributed by atoms with Gasteiger partial charge in [-0.05, 0) is 30.7 Å². The van der Waals surface area contributed by atoms with E-state index >= 15 is 0 Å². The van der Waals surface area contributed by atoms with Gasteiger partial charge in [0.25, 0.3) is 5.91 Å². The molecule has 2 aromatic heterocycles. The van der Waals surface area contributed by atoms with Crippen LogP contribution in [0.1, 0.15) is 21.7 Å². The Morgan fingerprint density at radius 3 is 2.71 bits per heavy atom. The molecule has 0 aliphatic rings. The molecule has 1 N–H and O–H groups in total. The van der Waals surface area contributed by atoms with E-state index in [-0.39, 0.29) is 5.91 Å². The quantitative estimate of drug-likeness (QED) is 0.770. The van der Waals surface area contributed by atoms with Crippen LogP contribution in [0.2, 0.25) is 10.0 Å². The van der Waals surface area contributed by atoms with Gasteiger partial charge in [0.05, 0.1) is 28.5 Å². The van der Waals surface area contributed by atoms with Crippen molar-refractivity contribution in [1.29, 1.82) is 0 Å². The van der Waals surface area contributed by atoms with Crippen LogP contribution in [0.3, 0.4) is 0 Å². The number of anilines is 1. The van der Waals surface area contributed by atoms with Crippen LogP contribution >= 0.6 is 23.2 Å². The lowest BCUT2D eigenvalue weighted by Crippen LogP contribution is -2.12. The third kappa shape index (κ3) is 3.60. The fourth-order valence-electron chi connectivity index (χ4n) is 2.21. The molecule has 0 aliphatic heterocycles. The number of aromatic nitrogens is 4. The van der Waals surface area contributed by atoms with Gasteiger partial charge in [-0.2, -0.15) is 10.2 Å². The van der Waals surface area contributed by atoms with Crippen LogP contribution in [0, 0.1) is 6.92 Å². The predicted octanol–water partition coefficient (Wildman–Crippen LogP) is 3.53. The van der Waals surface area contributed by atoms with Crippen LogP contribution in [0.4, 0.5) is 5.69 Å². The predicted molar refractivity (Wildman–Crippen MR) is 93.7 cm³/mol. The number of halogens is 2. The van der Waals surface area contributed by atoms with Crippen LogP contribution < -0.4 is 5.32 Å². The van der Waals surface area contributed by atoms with E-state index in [1.807, 2.05) is 13.0 Å². The van der Waals surface area contributed by atoms with E-state index in [1.165, 1.54) is 0 Å². The summed E-state index contributed by atoms with van der Waals surface area (Å²) in [6.07, 6.45) is 3.33. The smallest absolute Gasteiger partial charge is 0.276 e. The minimum atomic E-state index is -0.271. The number of nitrogens with zero attached hydrogens (tertiary/aromatic N) is 4. The first-order valence-corrected chi connectivity index (χ1v) is 7.96. The number of amides is 1. The molecule has 1 aromatic carbocycles. The summed E-state index contributed by atoms with van der Waals surface area (Å²) in [6, 6.07) is 7.15. The first-order valence-electron chi connectivity index (χ1n) is 7.21. The van der Waals surface area contributed by atoms with Crippen molar-refractivity contribution >= 4 is 34.8 Å². The molecular weight excluding hydrogens is 349 g/mol. The molecular formula is C16H15Cl2N5O. The largest absolute Gasteiger partial charge is 0.318 e. The molecule has 6 nitrogen and oxygen atoms in total. The van der Waals surface area contributed by atoms with E-state index in [0.717, 1.165) is 11.3 Å². The second-order valence-corrected chi connectivity index (χ2v) is 6.24. The third-order valence-corrected chi connectivity index (χ3v) is 4.31. The van der Waals surface area contributed by atoms with Crippen molar-refractivity contribution in [1.82, 2.24) is 19.6 Å². The average molecular weight is 364 g/mol. The summed E-state index contributed by atoms with van der Waals surface area (Å²) < 4.78 is 3.36. The van der Waals surface area contributed by atoms with Gasteiger partial charge in [-0.3, -0.25) is 14.2 Å². The van der Waals surface area contributed by atoms with Crippen LogP contribution in [-0.2, 0) is 13.6 Å². The summed E-state index contributed by atoms with van der Waals surface area (Å²) >= 11 is 11.9. The lowest BCUT2D eigenvalue weighted by Gasteiger charge is -2.03. The Kier molecular flexibility index (Phi) is 4.59. The molecule has 0 unspecified atom stereocenters. The van der Waals surface area contributed by atoms with Crippen molar-refractivity contribution in [2.75, 3.05) is 5.32 Å². The van der Waals surface area contributed by atoms with E-state index in [0.29, 0.717) is 28.0 Å². The first-order chi connectivity index (χ1) is 11.4. The lowest BCUT2D eigenvalue weighted by molar-refractivity contribution is 0.102. The highest BCUT2D eigenvalue weighted by Crippen LogP contribution is 2.23. The van der Waals surface area contributed by atoms with E-state index in [9.17, 15) is 4.79 Å². The molecule has 0 bridgehead atoms. The van der Waals surface area contributed by atoms with Gasteiger partial charge < -0.3 is 5.32 Å². The summed E-state index contributed by atoms with van der Waals surface area (Å²) in [7, 11) is 1.79. The Bertz CT molecular complexity index is 880. The van der Waals surface area contributed by atoms with Crippen LogP contribution in [0.25, 0.3) is 0 Å². The highest BCUT2D eigenvalue weighted by Gasteiger charge is 2.12. The fourth-order valence-corrected chi connectivity index (χ4v) is 2.53. The Morgan fingerprint density at radius 2 is 2.04 bits per heavy atom. The molecule has 24 heavy (non-hydrogen) atoms. The number of hydrogen-bond acceptors (Lipinski definition) is 3. The van der Waals surface area contributed by atoms with Crippen molar-refractivity contribution in [3.63, 3.8) is 0 Å². The summed E-state index contributed by atoms with van der Waals surface area (Å²) in [5.74, 6) is -0.271. The number of aryl methyl sites for hydroxylation is 2. The number of benzene rings is 1. The summed E-state index contributed by atoms with van der Waals surface area (Å²) in [6.45, 7) is 2.41. The van der Waals surface area contributed by atoms with Crippen molar-refractivity contribution < 1.29 is 4.79 Å². The molecule has 8 heteroatoms. The maximum absolute atomic E-state index is 12.2. The maximum atomic E-state index is 12.2. The molecule has 124 valence electrons. The Morgan fingerprint density at radius 1 is 1.25 bits per heavy atom. The van der Waals surface area contributed by atoms with Crippen molar-refractivity contribution in [2.45, 2.75) is 13.5 Å². The number of nitrogens with one attached hydrogen (secondary N) is 1. The molecule has 0 radical (unpaired) electrons. The molecule has 3 rings (SSSR count). The van der Waals surface area contributed by atoms with E-state index in [2.05, 4.69) is 15.5 Å². The van der Waals surface area contributed by atoms with Crippen molar-refractivity contribution in [3.8, 4) is 0 Å². The molecule has 2 heterocycles. The topological polar surface area (TPSA) is 64.7 Å². The van der Waals surface area contributed by atoms with Gasteiger partial charge in [0.1, 0.15) is 0 Å². The number of rotatable bonds is 4. The summed E-state index contributed by atoms with van der Waals surface area (Å²) in [5.41, 5.74) is 2.84. The van der Waals surface area contributed by atoms with Gasteiger partial charge in [0, 0.05) is 18.9 Å². The fraction of sp³-hybridized carbons (Fsp3) is 0.188. The van der Waals surface area contributed by atoms with Crippen LogP contribution in [0.15, 0.2) is 36.7 Å². The third-order valence-electron chi connectivity index (χ3n) is 3.57. The summed E-state index contributed by atoms with van der Waals surface area (Å²) in [5, 5.41) is 12.2. The zero-order valence-electron chi connectivity index (χ0n) is 13.1. The first kappa shape index (κ1) is 16.5. The Labute approximate surface area is 149 Å². The second kappa shape index (κ2) is 6.67. The highest BCUT2D eigenvalue weighted by atomic mass is 35.5. The lowest BCUT2D eigenvalue weighted by atomic mass is 10.2. The number of hydrogen-bond donors (Lipinski definition) is 1. The van der Waals surface area contributed by atoms with Gasteiger partial charge in [0.15, 0.2) is 5.69 Å². The Hall–Kier alpha value is -2.31. The molecule has 0 fully saturated rings. The molecule has 0 spiro atoms. The minimum Gasteiger partial charge on any atom is -0.318 e. The van der Waals surface area contributed by atoms with Gasteiger partial charge in [0.2, 0.25) is 0 Å². The number of carbonyl (C=O) groups is 1. The Balaban J connectivity index is 1.68. The monoisotopic (exact) mass is 363 g/mol. The molecule has 0 aliphatic carbocycles. The van der Waals surface area contributed by atoms with Crippen LogP contribution in [0.5, 0.6) is 0 Å². The SMILES string of the molecule is Cc1cc(C(=O)Nc2cnn(Cc3ccc(Cl)c(Cl)c3)c2)nn1C. The van der Waals surface area contributed by atoms with E-state index in [4.69, 9.17) is 23.2 Å². The standard InChI is InChI=1S/C16H15Cl2N5O/c1-10-5-15(21-22(10)2)16(24)20-12-7-19-23(9-12)8-11-3-4-13(17)14(18)6-11/h3-7,9H,8H2,1-2H3,(H,20,24). The van der Waals surface area contributed by atoms with Gasteiger partial charge >= 0.3 is 0 Å². The highest BCUT2D eigenvalue weighted by molar-refractivity contribution is 6.42. The zero-order chi connectivity index (χ0) is 17.3. The molecule has 0 saturated heterocycles. The normalized spacial score (nSPS) is 10.8. The van der Waals surface area contributed by atoms with E-state index < -0.39 is 0 Å². The zero-order valence-corrected chi connectivity index (χ0v) is 14.6. The van der Waals surface area contributed by atoms with Gasteiger partial charge in [-0.1, -0.05) is 29.3 Å². The van der Waals surface area contributed by atoms with E-state index in [1.54, 1.807) is 47.0 Å². The second-order valence-electron chi connectivity index (χ2n) is 5.42. The average Bonchev–Trinajstić information content (AvgIpc) is 3.10. The minimum absolute atomic E-state index is 0.271.